The zero-order valence-corrected chi connectivity index (χ0v) is 89.9. The third-order valence-corrected chi connectivity index (χ3v) is 30.1. The van der Waals surface area contributed by atoms with E-state index in [0.717, 1.165) is 64.9 Å². The van der Waals surface area contributed by atoms with Crippen molar-refractivity contribution in [1.29, 1.82) is 0 Å². The van der Waals surface area contributed by atoms with Crippen LogP contribution in [-0.4, -0.2) is 76.5 Å². The van der Waals surface area contributed by atoms with Crippen LogP contribution in [0, 0.1) is 0 Å². The molecule has 0 unspecified atom stereocenters. The van der Waals surface area contributed by atoms with Gasteiger partial charge in [0.1, 0.15) is 34.5 Å². The van der Waals surface area contributed by atoms with Crippen molar-refractivity contribution in [1.82, 2.24) is 39.9 Å². The Balaban J connectivity index is 0.000000153. The summed E-state index contributed by atoms with van der Waals surface area (Å²) in [5.41, 5.74) is 19.7. The van der Waals surface area contributed by atoms with E-state index in [1.54, 1.807) is 31.1 Å². The zero-order chi connectivity index (χ0) is 98.4. The largest absolute Gasteiger partial charge is 0.0622 e. The first-order valence-corrected chi connectivity index (χ1v) is 54.1. The summed E-state index contributed by atoms with van der Waals surface area (Å²) in [6.45, 7) is 43.9. The minimum Gasteiger partial charge on any atom is -0.0622 e. The third-order valence-electron chi connectivity index (χ3n) is 24.4. The Bertz CT molecular complexity index is 6050. The van der Waals surface area contributed by atoms with Crippen LogP contribution in [0.15, 0.2) is 387 Å². The second-order valence-electron chi connectivity index (χ2n) is 39.6. The number of hydrogen-bond donors (Lipinski definition) is 0. The van der Waals surface area contributed by atoms with Gasteiger partial charge in [-0.25, -0.2) is 39.9 Å². The zero-order valence-electron chi connectivity index (χ0n) is 81.9. The minimum atomic E-state index is -0.446. The van der Waals surface area contributed by atoms with E-state index in [2.05, 4.69) is 501 Å². The Morgan fingerprint density at radius 2 is 0.467 bits per heavy atom. The number of nitrogens with zero attached hydrogens (tertiary/aromatic N) is 8. The Morgan fingerprint density at radius 3 is 0.686 bits per heavy atom. The van der Waals surface area contributed by atoms with Crippen molar-refractivity contribution in [3.63, 3.8) is 0 Å². The van der Waals surface area contributed by atoms with Gasteiger partial charge in [0.15, 0.2) is 0 Å². The molecule has 16 aromatic rings. The molecule has 0 aliphatic carbocycles. The summed E-state index contributed by atoms with van der Waals surface area (Å²) in [6, 6.07) is 116. The standard InChI is InChI=1S/C34H34N4.C26H37BO2.2C18H15P.C16H19BN2O2.C4H2Br2N2.2ClH.Pd/c1-33(2,3)29-15-27(16-30(17-29)34(4,5)6)23-7-11-25(12-8-23)31-18-32(38-22-37-31)26-13-9-24(10-14-26)28-19-35-21-36-20-28;1-23(2,3)20-15-19(16-21(17-20)24(4,5)6)18-11-13-22(14-12-18)27-28-25(7,8)26(9,10)29-27;2*1-4-10-16(11-5-1)19(17-12-6-2-7-13-17)18-14-8-3-9-15-18;1-15(2)16(3,4)21-17(20-15)14-7-5-12(6-8-14)13-9-18-11-19-10-13;5-3-1-4(6)8-2-7-3;;;/h7-22H,1-6H3;11-17H,1-10H3;2*1-15H;5-11H,1-4H3;1-2H;2*1H;/q;;;;;;;;+2/p-2. The molecule has 0 radical (unpaired) electrons. The van der Waals surface area contributed by atoms with E-state index < -0.39 is 15.8 Å². The van der Waals surface area contributed by atoms with Gasteiger partial charge in [-0.2, -0.15) is 0 Å². The predicted molar refractivity (Wildman–Crippen MR) is 584 cm³/mol. The van der Waals surface area contributed by atoms with Crippen LogP contribution in [-0.2, 0) is 56.2 Å². The summed E-state index contributed by atoms with van der Waals surface area (Å²) >= 11 is 6.26. The fourth-order valence-corrected chi connectivity index (χ4v) is 20.4. The van der Waals surface area contributed by atoms with E-state index in [0.29, 0.717) is 0 Å². The minimum absolute atomic E-state index is 0.0837. The Kier molecular flexibility index (Phi) is 36.9. The first kappa shape index (κ1) is 106. The fraction of sp³-hybridized carbons (Fsp3) is 0.241. The SMILES string of the molecule is Brc1cc(Br)ncn1.CC(C)(C)c1cc(-c2ccc(-c3cc(-c4ccc(-c5cncnc5)cc4)ncn3)cc2)cc(C(C)(C)C)c1.CC(C)(C)c1cc(-c2ccc(B3OC(C)(C)C(C)(C)O3)cc2)cc(C(C)(C)C)c1.CC1(C)OB(c2ccc(-c3cncnc3)cc2)OC1(C)C.[Cl][Pd][Cl].c1ccc(P(c2ccccc2)c2ccccc2)cc1.c1ccc(P(c2ccccc2)c2ccccc2)cc1. The van der Waals surface area contributed by atoms with Gasteiger partial charge in [-0.1, -0.05) is 399 Å². The van der Waals surface area contributed by atoms with Crippen LogP contribution in [0.25, 0.3) is 67.0 Å². The molecule has 0 spiro atoms. The van der Waals surface area contributed by atoms with Gasteiger partial charge < -0.3 is 18.6 Å². The maximum absolute atomic E-state index is 6.20. The van der Waals surface area contributed by atoms with Gasteiger partial charge in [0.25, 0.3) is 0 Å². The fourth-order valence-electron chi connectivity index (χ4n) is 14.8. The molecule has 18 rings (SSSR count). The maximum atomic E-state index is 6.20. The molecule has 0 N–H and O–H groups in total. The van der Waals surface area contributed by atoms with Gasteiger partial charge in [0, 0.05) is 53.1 Å². The molecule has 12 aromatic carbocycles. The van der Waals surface area contributed by atoms with Gasteiger partial charge in [0.05, 0.1) is 33.8 Å². The molecule has 0 bridgehead atoms. The number of halogens is 4. The maximum Gasteiger partial charge on any atom is -0.0134 e. The van der Waals surface area contributed by atoms with Gasteiger partial charge in [-0.15, -0.1) is 0 Å². The summed E-state index contributed by atoms with van der Waals surface area (Å²) in [7, 11) is 8.09. The van der Waals surface area contributed by atoms with E-state index >= 15 is 0 Å². The van der Waals surface area contributed by atoms with Crippen molar-refractivity contribution in [3.05, 3.63) is 409 Å². The summed E-state index contributed by atoms with van der Waals surface area (Å²) in [5.74, 6) is 0. The molecular formula is C116H122B2Br2Cl2N8O4P2Pd. The molecule has 2 aliphatic rings. The molecule has 2 aliphatic heterocycles. The molecule has 2 fully saturated rings. The smallest absolute Gasteiger partial charge is 0.0134 e. The summed E-state index contributed by atoms with van der Waals surface area (Å²) in [5, 5.41) is 8.39. The number of aromatic nitrogens is 8. The van der Waals surface area contributed by atoms with Crippen LogP contribution in [0.5, 0.6) is 0 Å². The van der Waals surface area contributed by atoms with Crippen molar-refractivity contribution in [2.75, 3.05) is 0 Å². The Hall–Kier alpha value is -10.0. The van der Waals surface area contributed by atoms with Crippen LogP contribution in [0.1, 0.15) is 161 Å². The predicted octanol–water partition coefficient (Wildman–Crippen LogP) is 27.5. The third kappa shape index (κ3) is 29.6. The van der Waals surface area contributed by atoms with E-state index in [1.807, 2.05) is 42.7 Å². The number of hydrogen-bond acceptors (Lipinski definition) is 12. The molecule has 0 amide bonds. The quantitative estimate of drug-likeness (QED) is 0.0581. The van der Waals surface area contributed by atoms with E-state index in [4.69, 9.17) is 37.7 Å². The molecule has 2 saturated heterocycles. The summed E-state index contributed by atoms with van der Waals surface area (Å²) in [6.07, 6.45) is 13.4. The number of rotatable bonds is 14. The molecule has 0 saturated carbocycles. The Labute approximate surface area is 849 Å². The second-order valence-corrected chi connectivity index (χ2v) is 48.0. The van der Waals surface area contributed by atoms with Crippen molar-refractivity contribution in [2.24, 2.45) is 0 Å². The van der Waals surface area contributed by atoms with Crippen LogP contribution in [0.3, 0.4) is 0 Å². The van der Waals surface area contributed by atoms with Crippen LogP contribution < -0.4 is 42.8 Å². The van der Waals surface area contributed by atoms with E-state index in [9.17, 15) is 0 Å². The van der Waals surface area contributed by atoms with Crippen molar-refractivity contribution >= 4 is 124 Å². The van der Waals surface area contributed by atoms with Crippen LogP contribution in [0.2, 0.25) is 0 Å². The van der Waals surface area contributed by atoms with Crippen molar-refractivity contribution in [2.45, 2.75) is 183 Å². The molecule has 6 heterocycles. The van der Waals surface area contributed by atoms with Crippen LogP contribution >= 0.6 is 66.8 Å². The Morgan fingerprint density at radius 1 is 0.255 bits per heavy atom. The van der Waals surface area contributed by atoms with Crippen molar-refractivity contribution in [3.8, 4) is 67.0 Å². The molecule has 21 heteroatoms. The van der Waals surface area contributed by atoms with Crippen molar-refractivity contribution < 1.29 is 34.6 Å². The van der Waals surface area contributed by atoms with Crippen LogP contribution in [0.4, 0.5) is 0 Å². The average Bonchev–Trinajstić information content (AvgIpc) is 1.63. The molecule has 4 aromatic heterocycles. The van der Waals surface area contributed by atoms with Gasteiger partial charge >= 0.3 is 49.2 Å². The molecule has 0 atom stereocenters. The van der Waals surface area contributed by atoms with E-state index in [1.165, 1.54) is 89.0 Å². The monoisotopic (exact) mass is 2110 g/mol. The summed E-state index contributed by atoms with van der Waals surface area (Å²) < 4.78 is 26.1. The first-order chi connectivity index (χ1) is 65.2. The first-order valence-electron chi connectivity index (χ1n) is 45.8. The molecular weight excluding hydrogens is 1990 g/mol. The van der Waals surface area contributed by atoms with Gasteiger partial charge in [-0.3, -0.25) is 0 Å². The van der Waals surface area contributed by atoms with Gasteiger partial charge in [-0.05, 0) is 229 Å². The second kappa shape index (κ2) is 47.8. The molecule has 12 nitrogen and oxygen atoms in total. The molecule has 704 valence electrons. The van der Waals surface area contributed by atoms with E-state index in [-0.39, 0.29) is 74.2 Å². The average molecular weight is 2110 g/mol. The topological polar surface area (TPSA) is 140 Å². The summed E-state index contributed by atoms with van der Waals surface area (Å²) in [4.78, 5) is 33.0. The van der Waals surface area contributed by atoms with Gasteiger partial charge in [0.2, 0.25) is 0 Å². The normalized spacial score (nSPS) is 14.0. The number of benzene rings is 12. The molecule has 137 heavy (non-hydrogen) atoms.